The van der Waals surface area contributed by atoms with Crippen LogP contribution in [-0.4, -0.2) is 15.8 Å². The van der Waals surface area contributed by atoms with Gasteiger partial charge in [-0.2, -0.15) is 0 Å². The van der Waals surface area contributed by atoms with Crippen LogP contribution in [0.1, 0.15) is 41.6 Å². The Kier molecular flexibility index (Phi) is 5.27. The van der Waals surface area contributed by atoms with Crippen LogP contribution in [0.25, 0.3) is 0 Å². The summed E-state index contributed by atoms with van der Waals surface area (Å²) >= 11 is 0. The van der Waals surface area contributed by atoms with Gasteiger partial charge in [0.15, 0.2) is 5.78 Å². The molecule has 0 saturated heterocycles. The largest absolute Gasteiger partial charge is 0.363 e. The summed E-state index contributed by atoms with van der Waals surface area (Å²) in [5.41, 5.74) is 2.67. The van der Waals surface area contributed by atoms with Crippen molar-refractivity contribution in [1.29, 1.82) is 0 Å². The fourth-order valence-electron chi connectivity index (χ4n) is 2.72. The molecule has 0 bridgehead atoms. The maximum absolute atomic E-state index is 11.6. The van der Waals surface area contributed by atoms with Crippen molar-refractivity contribution in [1.82, 2.24) is 9.97 Å². The highest BCUT2D eigenvalue weighted by molar-refractivity contribution is 5.95. The fourth-order valence-corrected chi connectivity index (χ4v) is 2.72. The van der Waals surface area contributed by atoms with Crippen molar-refractivity contribution >= 4 is 23.1 Å². The van der Waals surface area contributed by atoms with E-state index in [4.69, 9.17) is 0 Å². The third-order valence-electron chi connectivity index (χ3n) is 4.04. The number of ketones is 1. The average Bonchev–Trinajstić information content (AvgIpc) is 2.62. The van der Waals surface area contributed by atoms with Gasteiger partial charge in [0.25, 0.3) is 0 Å². The Bertz CT molecular complexity index is 909. The van der Waals surface area contributed by atoms with Crippen LogP contribution in [0.4, 0.5) is 17.3 Å². The smallest absolute Gasteiger partial charge is 0.159 e. The standard InChI is InChI=1S/C21H22N4O/c1-14(17-8-5-4-6-9-17)22-20-13-21(24-16(3)23-20)25-19-11-7-10-18(12-19)15(2)26/h4-14H,1-3H3,(H2,22,23,24,25). The number of carbonyl (C=O) groups excluding carboxylic acids is 1. The van der Waals surface area contributed by atoms with Gasteiger partial charge in [-0.3, -0.25) is 4.79 Å². The number of hydrogen-bond acceptors (Lipinski definition) is 5. The zero-order chi connectivity index (χ0) is 18.5. The molecule has 0 spiro atoms. The molecule has 1 aromatic heterocycles. The molecule has 3 aromatic rings. The molecule has 26 heavy (non-hydrogen) atoms. The number of carbonyl (C=O) groups is 1. The first-order chi connectivity index (χ1) is 12.5. The number of benzene rings is 2. The minimum atomic E-state index is 0.0339. The van der Waals surface area contributed by atoms with Crippen molar-refractivity contribution in [2.45, 2.75) is 26.8 Å². The molecule has 0 saturated carbocycles. The molecular weight excluding hydrogens is 324 g/mol. The molecule has 2 N–H and O–H groups in total. The third-order valence-corrected chi connectivity index (χ3v) is 4.04. The number of hydrogen-bond donors (Lipinski definition) is 2. The summed E-state index contributed by atoms with van der Waals surface area (Å²) in [6, 6.07) is 19.6. The molecule has 0 aliphatic rings. The maximum Gasteiger partial charge on any atom is 0.159 e. The van der Waals surface area contributed by atoms with Gasteiger partial charge in [0, 0.05) is 23.4 Å². The van der Waals surface area contributed by atoms with Crippen molar-refractivity contribution in [3.8, 4) is 0 Å². The lowest BCUT2D eigenvalue weighted by Crippen LogP contribution is -2.09. The van der Waals surface area contributed by atoms with Crippen molar-refractivity contribution in [2.75, 3.05) is 10.6 Å². The first kappa shape index (κ1) is 17.6. The second-order valence-electron chi connectivity index (χ2n) is 6.22. The van der Waals surface area contributed by atoms with E-state index < -0.39 is 0 Å². The van der Waals surface area contributed by atoms with Gasteiger partial charge in [-0.15, -0.1) is 0 Å². The Balaban J connectivity index is 1.79. The van der Waals surface area contributed by atoms with Crippen LogP contribution in [-0.2, 0) is 0 Å². The van der Waals surface area contributed by atoms with Crippen LogP contribution in [0.5, 0.6) is 0 Å². The molecule has 0 aliphatic heterocycles. The van der Waals surface area contributed by atoms with E-state index in [1.807, 2.05) is 49.4 Å². The summed E-state index contributed by atoms with van der Waals surface area (Å²) in [7, 11) is 0. The molecule has 0 aliphatic carbocycles. The van der Waals surface area contributed by atoms with E-state index in [0.29, 0.717) is 17.2 Å². The van der Waals surface area contributed by atoms with Crippen molar-refractivity contribution in [3.63, 3.8) is 0 Å². The summed E-state index contributed by atoms with van der Waals surface area (Å²) in [4.78, 5) is 20.5. The number of aryl methyl sites for hydroxylation is 1. The molecule has 132 valence electrons. The SMILES string of the molecule is CC(=O)c1cccc(Nc2cc(NC(C)c3ccccc3)nc(C)n2)c1. The summed E-state index contributed by atoms with van der Waals surface area (Å²) in [6.07, 6.45) is 0. The van der Waals surface area contributed by atoms with Crippen LogP contribution in [0.3, 0.4) is 0 Å². The van der Waals surface area contributed by atoms with E-state index in [-0.39, 0.29) is 11.8 Å². The van der Waals surface area contributed by atoms with Crippen LogP contribution < -0.4 is 10.6 Å². The Hall–Kier alpha value is -3.21. The molecule has 1 heterocycles. The summed E-state index contributed by atoms with van der Waals surface area (Å²) in [5, 5.41) is 6.66. The van der Waals surface area contributed by atoms with E-state index in [2.05, 4.69) is 39.7 Å². The van der Waals surface area contributed by atoms with Crippen molar-refractivity contribution < 1.29 is 4.79 Å². The molecule has 5 heteroatoms. The van der Waals surface area contributed by atoms with E-state index in [0.717, 1.165) is 11.5 Å². The Labute approximate surface area is 153 Å². The summed E-state index contributed by atoms with van der Waals surface area (Å²) in [6.45, 7) is 5.51. The number of Topliss-reactive ketones (excluding diaryl/α,β-unsaturated/α-hetero) is 1. The highest BCUT2D eigenvalue weighted by atomic mass is 16.1. The summed E-state index contributed by atoms with van der Waals surface area (Å²) in [5.74, 6) is 2.13. The minimum Gasteiger partial charge on any atom is -0.363 e. The van der Waals surface area contributed by atoms with E-state index in [1.165, 1.54) is 5.56 Å². The number of rotatable bonds is 6. The Morgan fingerprint density at radius 2 is 1.69 bits per heavy atom. The van der Waals surface area contributed by atoms with Gasteiger partial charge in [0.1, 0.15) is 17.5 Å². The molecule has 0 amide bonds. The fraction of sp³-hybridized carbons (Fsp3) is 0.190. The Morgan fingerprint density at radius 3 is 2.42 bits per heavy atom. The zero-order valence-electron chi connectivity index (χ0n) is 15.2. The maximum atomic E-state index is 11.6. The molecule has 1 atom stereocenters. The molecule has 0 fully saturated rings. The van der Waals surface area contributed by atoms with E-state index in [9.17, 15) is 4.79 Å². The normalized spacial score (nSPS) is 11.7. The van der Waals surface area contributed by atoms with Gasteiger partial charge in [-0.05, 0) is 38.5 Å². The van der Waals surface area contributed by atoms with E-state index in [1.54, 1.807) is 13.0 Å². The van der Waals surface area contributed by atoms with Crippen LogP contribution in [0, 0.1) is 6.92 Å². The average molecular weight is 346 g/mol. The van der Waals surface area contributed by atoms with Gasteiger partial charge < -0.3 is 10.6 Å². The van der Waals surface area contributed by atoms with Gasteiger partial charge in [0.05, 0.1) is 0 Å². The number of aromatic nitrogens is 2. The molecule has 1 unspecified atom stereocenters. The van der Waals surface area contributed by atoms with Crippen LogP contribution in [0.15, 0.2) is 60.7 Å². The number of anilines is 3. The molecule has 5 nitrogen and oxygen atoms in total. The van der Waals surface area contributed by atoms with E-state index >= 15 is 0 Å². The highest BCUT2D eigenvalue weighted by Gasteiger charge is 2.08. The van der Waals surface area contributed by atoms with Crippen LogP contribution >= 0.6 is 0 Å². The van der Waals surface area contributed by atoms with Gasteiger partial charge in [-0.25, -0.2) is 9.97 Å². The zero-order valence-corrected chi connectivity index (χ0v) is 15.2. The number of nitrogens with zero attached hydrogens (tertiary/aromatic N) is 2. The highest BCUT2D eigenvalue weighted by Crippen LogP contribution is 2.22. The first-order valence-corrected chi connectivity index (χ1v) is 8.56. The second kappa shape index (κ2) is 7.78. The van der Waals surface area contributed by atoms with Gasteiger partial charge in [0.2, 0.25) is 0 Å². The number of nitrogens with one attached hydrogen (secondary N) is 2. The predicted octanol–water partition coefficient (Wildman–Crippen LogP) is 4.90. The van der Waals surface area contributed by atoms with Crippen molar-refractivity contribution in [3.05, 3.63) is 77.6 Å². The molecular formula is C21H22N4O. The summed E-state index contributed by atoms with van der Waals surface area (Å²) < 4.78 is 0. The predicted molar refractivity (Wildman–Crippen MR) is 105 cm³/mol. The van der Waals surface area contributed by atoms with Crippen LogP contribution in [0.2, 0.25) is 0 Å². The first-order valence-electron chi connectivity index (χ1n) is 8.56. The quantitative estimate of drug-likeness (QED) is 0.621. The van der Waals surface area contributed by atoms with Gasteiger partial charge in [-0.1, -0.05) is 42.5 Å². The minimum absolute atomic E-state index is 0.0339. The lowest BCUT2D eigenvalue weighted by molar-refractivity contribution is 0.101. The topological polar surface area (TPSA) is 66.9 Å². The molecule has 3 rings (SSSR count). The molecule has 2 aromatic carbocycles. The third kappa shape index (κ3) is 4.45. The molecule has 0 radical (unpaired) electrons. The lowest BCUT2D eigenvalue weighted by Gasteiger charge is -2.16. The van der Waals surface area contributed by atoms with Gasteiger partial charge >= 0.3 is 0 Å². The monoisotopic (exact) mass is 346 g/mol. The lowest BCUT2D eigenvalue weighted by atomic mass is 10.1. The van der Waals surface area contributed by atoms with Crippen molar-refractivity contribution in [2.24, 2.45) is 0 Å². The Morgan fingerprint density at radius 1 is 0.962 bits per heavy atom. The second-order valence-corrected chi connectivity index (χ2v) is 6.22.